The van der Waals surface area contributed by atoms with Gasteiger partial charge in [0.2, 0.25) is 0 Å². The second kappa shape index (κ2) is 7.75. The van der Waals surface area contributed by atoms with Gasteiger partial charge in [-0.1, -0.05) is 0 Å². The van der Waals surface area contributed by atoms with Gasteiger partial charge in [-0.15, -0.1) is 0 Å². The van der Waals surface area contributed by atoms with E-state index in [0.29, 0.717) is 42.4 Å². The number of anilines is 1. The van der Waals surface area contributed by atoms with Crippen LogP contribution in [0.1, 0.15) is 19.3 Å². The SMILES string of the molecule is O=c1c(Br)c(NCCCOCCO)cnn1CC1CC1. The van der Waals surface area contributed by atoms with Gasteiger partial charge in [-0.25, -0.2) is 4.68 Å². The Bertz CT molecular complexity index is 488. The van der Waals surface area contributed by atoms with Crippen molar-refractivity contribution in [2.45, 2.75) is 25.8 Å². The number of hydrogen-bond acceptors (Lipinski definition) is 5. The van der Waals surface area contributed by atoms with Crippen LogP contribution in [0.2, 0.25) is 0 Å². The maximum absolute atomic E-state index is 12.1. The summed E-state index contributed by atoms with van der Waals surface area (Å²) in [6.07, 6.45) is 4.87. The molecule has 0 saturated heterocycles. The molecule has 0 atom stereocenters. The monoisotopic (exact) mass is 345 g/mol. The Morgan fingerprint density at radius 3 is 3.00 bits per heavy atom. The molecule has 0 bridgehead atoms. The van der Waals surface area contributed by atoms with E-state index < -0.39 is 0 Å². The molecule has 1 saturated carbocycles. The average Bonchev–Trinajstić information content (AvgIpc) is 3.25. The molecular weight excluding hydrogens is 326 g/mol. The summed E-state index contributed by atoms with van der Waals surface area (Å²) < 4.78 is 7.22. The maximum Gasteiger partial charge on any atom is 0.283 e. The van der Waals surface area contributed by atoms with Crippen LogP contribution in [-0.4, -0.2) is 41.3 Å². The third kappa shape index (κ3) is 4.57. The average molecular weight is 346 g/mol. The van der Waals surface area contributed by atoms with Crippen molar-refractivity contribution in [3.8, 4) is 0 Å². The molecule has 0 aromatic carbocycles. The third-order valence-electron chi connectivity index (χ3n) is 3.13. The van der Waals surface area contributed by atoms with Crippen LogP contribution < -0.4 is 10.9 Å². The quantitative estimate of drug-likeness (QED) is 0.658. The molecule has 20 heavy (non-hydrogen) atoms. The van der Waals surface area contributed by atoms with Gasteiger partial charge in [0.05, 0.1) is 25.1 Å². The summed E-state index contributed by atoms with van der Waals surface area (Å²) in [4.78, 5) is 12.1. The topological polar surface area (TPSA) is 76.4 Å². The summed E-state index contributed by atoms with van der Waals surface area (Å²) >= 11 is 3.34. The molecule has 0 aliphatic heterocycles. The summed E-state index contributed by atoms with van der Waals surface area (Å²) in [6, 6.07) is 0. The van der Waals surface area contributed by atoms with E-state index in [4.69, 9.17) is 9.84 Å². The number of nitrogens with zero attached hydrogens (tertiary/aromatic N) is 2. The highest BCUT2D eigenvalue weighted by atomic mass is 79.9. The molecule has 0 radical (unpaired) electrons. The lowest BCUT2D eigenvalue weighted by Crippen LogP contribution is -2.25. The molecular formula is C13H20BrN3O3. The Hall–Kier alpha value is -0.920. The predicted octanol–water partition coefficient (Wildman–Crippen LogP) is 1.23. The summed E-state index contributed by atoms with van der Waals surface area (Å²) in [5.41, 5.74) is 0.627. The van der Waals surface area contributed by atoms with Gasteiger partial charge in [0, 0.05) is 19.7 Å². The molecule has 1 heterocycles. The van der Waals surface area contributed by atoms with Crippen molar-refractivity contribution in [3.05, 3.63) is 21.0 Å². The lowest BCUT2D eigenvalue weighted by atomic mass is 10.4. The molecule has 1 aromatic heterocycles. The fraction of sp³-hybridized carbons (Fsp3) is 0.692. The van der Waals surface area contributed by atoms with Gasteiger partial charge in [0.1, 0.15) is 4.47 Å². The van der Waals surface area contributed by atoms with Gasteiger partial charge < -0.3 is 15.2 Å². The Labute approximate surface area is 126 Å². The van der Waals surface area contributed by atoms with Crippen molar-refractivity contribution in [2.24, 2.45) is 5.92 Å². The molecule has 0 spiro atoms. The Balaban J connectivity index is 1.82. The van der Waals surface area contributed by atoms with Crippen LogP contribution in [0.4, 0.5) is 5.69 Å². The number of aliphatic hydroxyl groups excluding tert-OH is 1. The normalized spacial score (nSPS) is 14.5. The van der Waals surface area contributed by atoms with Gasteiger partial charge in [-0.05, 0) is 41.1 Å². The number of aromatic nitrogens is 2. The summed E-state index contributed by atoms with van der Waals surface area (Å²) in [5, 5.41) is 15.9. The number of aliphatic hydroxyl groups is 1. The number of halogens is 1. The van der Waals surface area contributed by atoms with Gasteiger partial charge in [0.15, 0.2) is 0 Å². The van der Waals surface area contributed by atoms with Crippen LogP contribution in [0.25, 0.3) is 0 Å². The van der Waals surface area contributed by atoms with Crippen molar-refractivity contribution in [2.75, 3.05) is 31.7 Å². The molecule has 1 aliphatic rings. The Morgan fingerprint density at radius 2 is 2.30 bits per heavy atom. The summed E-state index contributed by atoms with van der Waals surface area (Å²) in [7, 11) is 0. The van der Waals surface area contributed by atoms with E-state index in [1.165, 1.54) is 17.5 Å². The molecule has 2 N–H and O–H groups in total. The first-order chi connectivity index (χ1) is 9.72. The predicted molar refractivity (Wildman–Crippen MR) is 79.9 cm³/mol. The van der Waals surface area contributed by atoms with Crippen LogP contribution in [0.5, 0.6) is 0 Å². The van der Waals surface area contributed by atoms with Gasteiger partial charge >= 0.3 is 0 Å². The maximum atomic E-state index is 12.1. The molecule has 0 unspecified atom stereocenters. The second-order valence-corrected chi connectivity index (χ2v) is 5.71. The summed E-state index contributed by atoms with van der Waals surface area (Å²) in [5.74, 6) is 0.620. The molecule has 6 nitrogen and oxygen atoms in total. The lowest BCUT2D eigenvalue weighted by molar-refractivity contribution is 0.0922. The van der Waals surface area contributed by atoms with E-state index >= 15 is 0 Å². The van der Waals surface area contributed by atoms with E-state index in [1.807, 2.05) is 0 Å². The summed E-state index contributed by atoms with van der Waals surface area (Å²) in [6.45, 7) is 2.40. The lowest BCUT2D eigenvalue weighted by Gasteiger charge is -2.10. The molecule has 0 amide bonds. The van der Waals surface area contributed by atoms with Crippen LogP contribution in [0, 0.1) is 5.92 Å². The van der Waals surface area contributed by atoms with Gasteiger partial charge in [-0.3, -0.25) is 4.79 Å². The molecule has 2 rings (SSSR count). The molecule has 1 aromatic rings. The smallest absolute Gasteiger partial charge is 0.283 e. The zero-order valence-electron chi connectivity index (χ0n) is 11.3. The number of ether oxygens (including phenoxy) is 1. The van der Waals surface area contributed by atoms with E-state index in [9.17, 15) is 4.79 Å². The number of rotatable bonds is 9. The minimum Gasteiger partial charge on any atom is -0.394 e. The molecule has 1 aliphatic carbocycles. The fourth-order valence-corrected chi connectivity index (χ4v) is 2.27. The van der Waals surface area contributed by atoms with Crippen LogP contribution in [-0.2, 0) is 11.3 Å². The highest BCUT2D eigenvalue weighted by Crippen LogP contribution is 2.30. The first-order valence-corrected chi connectivity index (χ1v) is 7.69. The first kappa shape index (κ1) is 15.5. The largest absolute Gasteiger partial charge is 0.394 e. The Kier molecular flexibility index (Phi) is 6.00. The highest BCUT2D eigenvalue weighted by Gasteiger charge is 2.23. The van der Waals surface area contributed by atoms with E-state index in [2.05, 4.69) is 26.3 Å². The van der Waals surface area contributed by atoms with Crippen molar-refractivity contribution < 1.29 is 9.84 Å². The zero-order valence-corrected chi connectivity index (χ0v) is 12.9. The third-order valence-corrected chi connectivity index (χ3v) is 3.90. The van der Waals surface area contributed by atoms with E-state index in [1.54, 1.807) is 6.20 Å². The van der Waals surface area contributed by atoms with Crippen molar-refractivity contribution in [1.29, 1.82) is 0 Å². The highest BCUT2D eigenvalue weighted by molar-refractivity contribution is 9.10. The first-order valence-electron chi connectivity index (χ1n) is 6.90. The van der Waals surface area contributed by atoms with Crippen LogP contribution in [0.3, 0.4) is 0 Å². The Morgan fingerprint density at radius 1 is 1.50 bits per heavy atom. The molecule has 1 fully saturated rings. The van der Waals surface area contributed by atoms with E-state index in [-0.39, 0.29) is 12.2 Å². The zero-order chi connectivity index (χ0) is 14.4. The van der Waals surface area contributed by atoms with Crippen molar-refractivity contribution in [3.63, 3.8) is 0 Å². The van der Waals surface area contributed by atoms with Crippen molar-refractivity contribution in [1.82, 2.24) is 9.78 Å². The fourth-order valence-electron chi connectivity index (χ4n) is 1.83. The van der Waals surface area contributed by atoms with E-state index in [0.717, 1.165) is 6.42 Å². The minimum atomic E-state index is -0.0848. The number of nitrogens with one attached hydrogen (secondary N) is 1. The minimum absolute atomic E-state index is 0.0438. The van der Waals surface area contributed by atoms with Crippen LogP contribution >= 0.6 is 15.9 Å². The van der Waals surface area contributed by atoms with Crippen LogP contribution in [0.15, 0.2) is 15.5 Å². The molecule has 7 heteroatoms. The second-order valence-electron chi connectivity index (χ2n) is 4.92. The molecule has 112 valence electrons. The van der Waals surface area contributed by atoms with Gasteiger partial charge in [-0.2, -0.15) is 5.10 Å². The number of hydrogen-bond donors (Lipinski definition) is 2. The standard InChI is InChI=1S/C13H20BrN3O3/c14-12-11(15-4-1-6-20-7-5-18)8-16-17(13(12)19)9-10-2-3-10/h8,10,15,18H,1-7,9H2. The van der Waals surface area contributed by atoms with Crippen molar-refractivity contribution >= 4 is 21.6 Å². The van der Waals surface area contributed by atoms with Gasteiger partial charge in [0.25, 0.3) is 5.56 Å².